The van der Waals surface area contributed by atoms with E-state index in [-0.39, 0.29) is 18.3 Å². The van der Waals surface area contributed by atoms with Crippen molar-refractivity contribution in [1.29, 1.82) is 0 Å². The van der Waals surface area contributed by atoms with Crippen molar-refractivity contribution in [3.05, 3.63) is 48.3 Å². The molecule has 4 rings (SSSR count). The fourth-order valence-electron chi connectivity index (χ4n) is 3.82. The van der Waals surface area contributed by atoms with Crippen molar-refractivity contribution < 1.29 is 14.4 Å². The number of amides is 4. The average molecular weight is 419 g/mol. The number of rotatable bonds is 4. The summed E-state index contributed by atoms with van der Waals surface area (Å²) in [4.78, 5) is 37.0. The number of urea groups is 1. The van der Waals surface area contributed by atoms with Gasteiger partial charge in [-0.2, -0.15) is 5.10 Å². The van der Waals surface area contributed by atoms with Gasteiger partial charge in [0, 0.05) is 18.1 Å². The van der Waals surface area contributed by atoms with Crippen LogP contribution in [0, 0.1) is 0 Å². The number of piperidine rings is 1. The van der Waals surface area contributed by atoms with E-state index in [1.807, 2.05) is 0 Å². The maximum Gasteiger partial charge on any atom is 0.322 e. The monoisotopic (exact) mass is 418 g/mol. The molecular weight excluding hydrogens is 396 g/mol. The van der Waals surface area contributed by atoms with Gasteiger partial charge in [0.15, 0.2) is 0 Å². The number of carbonyl (C=O) groups is 3. The van der Waals surface area contributed by atoms with Crippen molar-refractivity contribution in [2.75, 3.05) is 18.4 Å². The highest BCUT2D eigenvalue weighted by atomic mass is 35.5. The van der Waals surface area contributed by atoms with Crippen LogP contribution in [0.4, 0.5) is 10.5 Å². The second-order valence-electron chi connectivity index (χ2n) is 7.30. The van der Waals surface area contributed by atoms with Crippen LogP contribution in [0.1, 0.15) is 25.3 Å². The molecule has 4 N–H and O–H groups in total. The second-order valence-corrected chi connectivity index (χ2v) is 7.30. The summed E-state index contributed by atoms with van der Waals surface area (Å²) < 4.78 is 1.72. The fraction of sp³-hybridized carbons (Fsp3) is 0.368. The summed E-state index contributed by atoms with van der Waals surface area (Å²) in [6.07, 6.45) is 4.72. The van der Waals surface area contributed by atoms with E-state index in [2.05, 4.69) is 26.4 Å². The lowest BCUT2D eigenvalue weighted by Gasteiger charge is -2.36. The number of benzene rings is 1. The Kier molecular flexibility index (Phi) is 5.63. The molecule has 2 saturated heterocycles. The van der Waals surface area contributed by atoms with Crippen LogP contribution in [0.2, 0.25) is 0 Å². The lowest BCUT2D eigenvalue weighted by molar-refractivity contribution is -0.126. The minimum Gasteiger partial charge on any atom is -0.324 e. The molecule has 1 aromatic heterocycles. The summed E-state index contributed by atoms with van der Waals surface area (Å²) in [5.74, 6) is -0.577. The Morgan fingerprint density at radius 3 is 2.59 bits per heavy atom. The third-order valence-electron chi connectivity index (χ3n) is 5.54. The summed E-state index contributed by atoms with van der Waals surface area (Å²) in [6.45, 7) is 3.07. The largest absolute Gasteiger partial charge is 0.324 e. The summed E-state index contributed by atoms with van der Waals surface area (Å²) in [5.41, 5.74) is -0.797. The lowest BCUT2D eigenvalue weighted by atomic mass is 9.87. The van der Waals surface area contributed by atoms with Crippen molar-refractivity contribution in [3.63, 3.8) is 0 Å². The molecule has 1 atom stereocenters. The quantitative estimate of drug-likeness (QED) is 0.554. The molecule has 2 aromatic rings. The van der Waals surface area contributed by atoms with E-state index in [4.69, 9.17) is 0 Å². The number of halogens is 1. The molecule has 2 aliphatic rings. The fourth-order valence-corrected chi connectivity index (χ4v) is 3.82. The van der Waals surface area contributed by atoms with E-state index in [1.54, 1.807) is 54.3 Å². The minimum atomic E-state index is -1.17. The first-order valence-corrected chi connectivity index (χ1v) is 9.20. The number of hydrogen-bond donors (Lipinski definition) is 4. The van der Waals surface area contributed by atoms with Gasteiger partial charge in [-0.3, -0.25) is 19.6 Å². The molecule has 0 aliphatic carbocycles. The van der Waals surface area contributed by atoms with Gasteiger partial charge in [-0.05, 0) is 56.6 Å². The van der Waals surface area contributed by atoms with Gasteiger partial charge in [0.25, 0.3) is 11.8 Å². The molecule has 3 heterocycles. The number of aromatic nitrogens is 2. The minimum absolute atomic E-state index is 0. The zero-order valence-electron chi connectivity index (χ0n) is 15.9. The molecule has 4 amide bonds. The first kappa shape index (κ1) is 20.8. The average Bonchev–Trinajstić information content (AvgIpc) is 3.31. The van der Waals surface area contributed by atoms with Gasteiger partial charge in [0.05, 0.1) is 0 Å². The summed E-state index contributed by atoms with van der Waals surface area (Å²) in [7, 11) is 0. The molecule has 0 spiro atoms. The molecule has 0 saturated carbocycles. The third kappa shape index (κ3) is 3.58. The van der Waals surface area contributed by atoms with Crippen LogP contribution in [-0.4, -0.2) is 40.7 Å². The SMILES string of the molecule is CC1(c2cccc(NC(=O)C3(n4cccn4)CCNCC3)c2)NC(=O)NC1=O.Cl. The van der Waals surface area contributed by atoms with E-state index in [0.717, 1.165) is 13.1 Å². The Hall–Kier alpha value is -2.91. The van der Waals surface area contributed by atoms with Gasteiger partial charge >= 0.3 is 6.03 Å². The Balaban J connectivity index is 0.00000240. The Labute approximate surface area is 174 Å². The predicted octanol–water partition coefficient (Wildman–Crippen LogP) is 1.08. The Bertz CT molecular complexity index is 926. The molecule has 0 radical (unpaired) electrons. The number of anilines is 1. The zero-order valence-corrected chi connectivity index (χ0v) is 16.7. The lowest BCUT2D eigenvalue weighted by Crippen LogP contribution is -2.52. The van der Waals surface area contributed by atoms with Crippen molar-refractivity contribution >= 4 is 35.9 Å². The first-order chi connectivity index (χ1) is 13.4. The van der Waals surface area contributed by atoms with Gasteiger partial charge in [-0.1, -0.05) is 12.1 Å². The van der Waals surface area contributed by atoms with Crippen LogP contribution in [0.25, 0.3) is 0 Å². The molecule has 154 valence electrons. The Morgan fingerprint density at radius 1 is 1.21 bits per heavy atom. The van der Waals surface area contributed by atoms with Crippen molar-refractivity contribution in [2.24, 2.45) is 0 Å². The first-order valence-electron chi connectivity index (χ1n) is 9.20. The topological polar surface area (TPSA) is 117 Å². The van der Waals surface area contributed by atoms with Crippen LogP contribution >= 0.6 is 12.4 Å². The number of hydrogen-bond acceptors (Lipinski definition) is 5. The van der Waals surface area contributed by atoms with Gasteiger partial charge in [-0.25, -0.2) is 4.79 Å². The van der Waals surface area contributed by atoms with Gasteiger partial charge < -0.3 is 16.0 Å². The highest BCUT2D eigenvalue weighted by Crippen LogP contribution is 2.30. The number of imide groups is 1. The smallest absolute Gasteiger partial charge is 0.322 e. The van der Waals surface area contributed by atoms with E-state index in [0.29, 0.717) is 24.1 Å². The summed E-state index contributed by atoms with van der Waals surface area (Å²) in [5, 5.41) is 15.4. The maximum absolute atomic E-state index is 13.3. The maximum atomic E-state index is 13.3. The standard InChI is InChI=1S/C19H22N6O3.ClH/c1-18(15(26)23-17(28)24-18)13-4-2-5-14(12-13)22-16(27)19(6-9-20-10-7-19)25-11-3-8-21-25;/h2-5,8,11-12,20H,6-7,9-10H2,1H3,(H,22,27)(H2,23,24,26,28);1H. The van der Waals surface area contributed by atoms with Gasteiger partial charge in [-0.15, -0.1) is 12.4 Å². The van der Waals surface area contributed by atoms with Crippen molar-refractivity contribution in [2.45, 2.75) is 30.8 Å². The van der Waals surface area contributed by atoms with Crippen LogP contribution in [-0.2, 0) is 20.7 Å². The zero-order chi connectivity index (χ0) is 19.8. The molecule has 1 aromatic carbocycles. The molecule has 1 unspecified atom stereocenters. The molecule has 0 bridgehead atoms. The third-order valence-corrected chi connectivity index (χ3v) is 5.54. The molecule has 2 aliphatic heterocycles. The van der Waals surface area contributed by atoms with Crippen LogP contribution in [0.15, 0.2) is 42.7 Å². The second kappa shape index (κ2) is 7.84. The summed E-state index contributed by atoms with van der Waals surface area (Å²) >= 11 is 0. The molecule has 9 nitrogen and oxygen atoms in total. The van der Waals surface area contributed by atoms with Crippen LogP contribution in [0.3, 0.4) is 0 Å². The number of nitrogens with one attached hydrogen (secondary N) is 4. The normalized spacial score (nSPS) is 22.9. The van der Waals surface area contributed by atoms with Gasteiger partial charge in [0.2, 0.25) is 0 Å². The summed E-state index contributed by atoms with van der Waals surface area (Å²) in [6, 6.07) is 8.23. The van der Waals surface area contributed by atoms with E-state index >= 15 is 0 Å². The van der Waals surface area contributed by atoms with Crippen LogP contribution in [0.5, 0.6) is 0 Å². The van der Waals surface area contributed by atoms with Crippen molar-refractivity contribution in [3.8, 4) is 0 Å². The molecule has 10 heteroatoms. The highest BCUT2D eigenvalue weighted by molar-refractivity contribution is 6.07. The molecule has 2 fully saturated rings. The van der Waals surface area contributed by atoms with E-state index < -0.39 is 23.0 Å². The predicted molar refractivity (Wildman–Crippen MR) is 109 cm³/mol. The van der Waals surface area contributed by atoms with Crippen LogP contribution < -0.4 is 21.3 Å². The molecule has 29 heavy (non-hydrogen) atoms. The number of carbonyl (C=O) groups excluding carboxylic acids is 3. The van der Waals surface area contributed by atoms with Crippen molar-refractivity contribution in [1.82, 2.24) is 25.7 Å². The Morgan fingerprint density at radius 2 is 1.97 bits per heavy atom. The highest BCUT2D eigenvalue weighted by Gasteiger charge is 2.44. The van der Waals surface area contributed by atoms with E-state index in [1.165, 1.54) is 0 Å². The molecular formula is C19H23ClN6O3. The van der Waals surface area contributed by atoms with Gasteiger partial charge in [0.1, 0.15) is 11.1 Å². The van der Waals surface area contributed by atoms with E-state index in [9.17, 15) is 14.4 Å². The number of nitrogens with zero attached hydrogens (tertiary/aromatic N) is 2.